The van der Waals surface area contributed by atoms with E-state index in [0.29, 0.717) is 42.8 Å². The normalized spacial score (nSPS) is 14.0. The first kappa shape index (κ1) is 19.2. The Bertz CT molecular complexity index is 881. The lowest BCUT2D eigenvalue weighted by Gasteiger charge is -2.28. The SMILES string of the molecule is Cc1nc(N(CC(=O)N2CCOCC2)C(N)=O)sc1-c1csc(CC#N)n1. The molecule has 0 aromatic carbocycles. The van der Waals surface area contributed by atoms with Crippen molar-refractivity contribution in [2.75, 3.05) is 37.7 Å². The number of carbonyl (C=O) groups excluding carboxylic acids is 2. The fraction of sp³-hybridized carbons (Fsp3) is 0.438. The Morgan fingerprint density at radius 2 is 2.15 bits per heavy atom. The van der Waals surface area contributed by atoms with Crippen LogP contribution in [-0.4, -0.2) is 59.7 Å². The second-order valence-electron chi connectivity index (χ2n) is 5.79. The van der Waals surface area contributed by atoms with Gasteiger partial charge in [-0.2, -0.15) is 5.26 Å². The molecular weight excluding hydrogens is 388 g/mol. The van der Waals surface area contributed by atoms with E-state index >= 15 is 0 Å². The first-order valence-corrected chi connectivity index (χ1v) is 9.91. The Balaban J connectivity index is 1.80. The zero-order chi connectivity index (χ0) is 19.4. The molecule has 0 bridgehead atoms. The lowest BCUT2D eigenvalue weighted by atomic mass is 10.3. The number of morpholine rings is 1. The highest BCUT2D eigenvalue weighted by molar-refractivity contribution is 7.19. The quantitative estimate of drug-likeness (QED) is 0.800. The van der Waals surface area contributed by atoms with E-state index < -0.39 is 6.03 Å². The maximum absolute atomic E-state index is 12.5. The van der Waals surface area contributed by atoms with E-state index in [-0.39, 0.29) is 18.9 Å². The molecule has 1 aliphatic rings. The number of ether oxygens (including phenoxy) is 1. The summed E-state index contributed by atoms with van der Waals surface area (Å²) in [6, 6.07) is 1.33. The number of nitrogens with zero attached hydrogens (tertiary/aromatic N) is 5. The Labute approximate surface area is 164 Å². The predicted molar refractivity (Wildman–Crippen MR) is 102 cm³/mol. The lowest BCUT2D eigenvalue weighted by Crippen LogP contribution is -2.48. The van der Waals surface area contributed by atoms with Crippen LogP contribution in [0.25, 0.3) is 10.6 Å². The van der Waals surface area contributed by atoms with E-state index in [1.54, 1.807) is 4.90 Å². The fourth-order valence-corrected chi connectivity index (χ4v) is 4.41. The highest BCUT2D eigenvalue weighted by Crippen LogP contribution is 2.35. The molecule has 0 saturated carbocycles. The standard InChI is InChI=1S/C16H18N6O3S2/c1-10-14(11-9-26-12(20-11)2-3-17)27-16(19-10)22(15(18)24)8-13(23)21-4-6-25-7-5-21/h9H,2,4-8H2,1H3,(H2,18,24). The molecule has 0 atom stereocenters. The van der Waals surface area contributed by atoms with E-state index in [0.717, 1.165) is 9.88 Å². The van der Waals surface area contributed by atoms with Crippen LogP contribution in [-0.2, 0) is 16.0 Å². The molecule has 1 aliphatic heterocycles. The summed E-state index contributed by atoms with van der Waals surface area (Å²) in [5.74, 6) is -0.198. The number of rotatable bonds is 5. The molecular formula is C16H18N6O3S2. The molecule has 2 aromatic rings. The van der Waals surface area contributed by atoms with Crippen molar-refractivity contribution in [2.24, 2.45) is 5.73 Å². The smallest absolute Gasteiger partial charge is 0.321 e. The minimum Gasteiger partial charge on any atom is -0.378 e. The van der Waals surface area contributed by atoms with E-state index in [2.05, 4.69) is 16.0 Å². The summed E-state index contributed by atoms with van der Waals surface area (Å²) < 4.78 is 5.24. The van der Waals surface area contributed by atoms with Gasteiger partial charge in [0, 0.05) is 18.5 Å². The molecule has 3 amide bonds. The monoisotopic (exact) mass is 406 g/mol. The minimum absolute atomic E-state index is 0.168. The summed E-state index contributed by atoms with van der Waals surface area (Å²) in [5.41, 5.74) is 6.89. The highest BCUT2D eigenvalue weighted by Gasteiger charge is 2.26. The summed E-state index contributed by atoms with van der Waals surface area (Å²) in [7, 11) is 0. The molecule has 0 unspecified atom stereocenters. The number of thiazole rings is 2. The number of nitriles is 1. The molecule has 0 aliphatic carbocycles. The zero-order valence-corrected chi connectivity index (χ0v) is 16.3. The molecule has 0 radical (unpaired) electrons. The van der Waals surface area contributed by atoms with Gasteiger partial charge in [0.15, 0.2) is 5.13 Å². The predicted octanol–water partition coefficient (Wildman–Crippen LogP) is 1.38. The first-order chi connectivity index (χ1) is 13.0. The highest BCUT2D eigenvalue weighted by atomic mass is 32.1. The van der Waals surface area contributed by atoms with E-state index in [9.17, 15) is 9.59 Å². The molecule has 3 rings (SSSR count). The van der Waals surface area contributed by atoms with Gasteiger partial charge in [-0.15, -0.1) is 11.3 Å². The number of anilines is 1. The van der Waals surface area contributed by atoms with Crippen molar-refractivity contribution in [3.63, 3.8) is 0 Å². The van der Waals surface area contributed by atoms with E-state index in [1.807, 2.05) is 12.3 Å². The Kier molecular flexibility index (Phi) is 6.00. The van der Waals surface area contributed by atoms with Crippen LogP contribution in [0.2, 0.25) is 0 Å². The van der Waals surface area contributed by atoms with Crippen molar-refractivity contribution in [1.82, 2.24) is 14.9 Å². The van der Waals surface area contributed by atoms with Crippen molar-refractivity contribution in [3.05, 3.63) is 16.1 Å². The van der Waals surface area contributed by atoms with Crippen molar-refractivity contribution in [1.29, 1.82) is 5.26 Å². The summed E-state index contributed by atoms with van der Waals surface area (Å²) in [5, 5.41) is 11.7. The van der Waals surface area contributed by atoms with Gasteiger partial charge < -0.3 is 15.4 Å². The molecule has 2 N–H and O–H groups in total. The van der Waals surface area contributed by atoms with Crippen LogP contribution in [0.5, 0.6) is 0 Å². The number of primary amides is 1. The van der Waals surface area contributed by atoms with Crippen molar-refractivity contribution < 1.29 is 14.3 Å². The lowest BCUT2D eigenvalue weighted by molar-refractivity contribution is -0.133. The zero-order valence-electron chi connectivity index (χ0n) is 14.7. The van der Waals surface area contributed by atoms with Gasteiger partial charge in [0.2, 0.25) is 5.91 Å². The van der Waals surface area contributed by atoms with Gasteiger partial charge in [-0.3, -0.25) is 9.69 Å². The fourth-order valence-electron chi connectivity index (χ4n) is 2.59. The topological polar surface area (TPSA) is 125 Å². The van der Waals surface area contributed by atoms with Gasteiger partial charge in [-0.1, -0.05) is 11.3 Å². The second-order valence-corrected chi connectivity index (χ2v) is 7.71. The summed E-state index contributed by atoms with van der Waals surface area (Å²) in [4.78, 5) is 36.9. The van der Waals surface area contributed by atoms with E-state index in [1.165, 1.54) is 27.6 Å². The number of urea groups is 1. The van der Waals surface area contributed by atoms with Gasteiger partial charge >= 0.3 is 6.03 Å². The summed E-state index contributed by atoms with van der Waals surface area (Å²) in [6.07, 6.45) is 0.247. The Hall–Kier alpha value is -2.55. The van der Waals surface area contributed by atoms with E-state index in [4.69, 9.17) is 15.7 Å². The Morgan fingerprint density at radius 3 is 2.81 bits per heavy atom. The van der Waals surface area contributed by atoms with Crippen LogP contribution in [0, 0.1) is 18.3 Å². The van der Waals surface area contributed by atoms with Gasteiger partial charge in [0.1, 0.15) is 11.6 Å². The largest absolute Gasteiger partial charge is 0.378 e. The van der Waals surface area contributed by atoms with Crippen molar-refractivity contribution >= 4 is 39.7 Å². The second kappa shape index (κ2) is 8.43. The number of aryl methyl sites for hydroxylation is 1. The number of hydrogen-bond donors (Lipinski definition) is 1. The van der Waals surface area contributed by atoms with Crippen molar-refractivity contribution in [2.45, 2.75) is 13.3 Å². The average Bonchev–Trinajstić information content (AvgIpc) is 3.26. The minimum atomic E-state index is -0.736. The van der Waals surface area contributed by atoms with Gasteiger partial charge in [-0.25, -0.2) is 14.8 Å². The molecule has 1 fully saturated rings. The number of aromatic nitrogens is 2. The molecule has 142 valence electrons. The molecule has 9 nitrogen and oxygen atoms in total. The Morgan fingerprint density at radius 1 is 1.41 bits per heavy atom. The third kappa shape index (κ3) is 4.41. The number of amides is 3. The molecule has 1 saturated heterocycles. The van der Waals surface area contributed by atoms with Crippen LogP contribution in [0.15, 0.2) is 5.38 Å². The molecule has 3 heterocycles. The van der Waals surface area contributed by atoms with Crippen LogP contribution in [0.4, 0.5) is 9.93 Å². The third-order valence-electron chi connectivity index (χ3n) is 3.95. The van der Waals surface area contributed by atoms with Crippen LogP contribution in [0.3, 0.4) is 0 Å². The number of nitrogens with two attached hydrogens (primary N) is 1. The first-order valence-electron chi connectivity index (χ1n) is 8.21. The number of hydrogen-bond acceptors (Lipinski definition) is 8. The van der Waals surface area contributed by atoms with Crippen LogP contribution >= 0.6 is 22.7 Å². The third-order valence-corrected chi connectivity index (χ3v) is 6.01. The van der Waals surface area contributed by atoms with Crippen LogP contribution in [0.1, 0.15) is 10.7 Å². The summed E-state index contributed by atoms with van der Waals surface area (Å²) >= 11 is 2.65. The van der Waals surface area contributed by atoms with Gasteiger partial charge in [-0.05, 0) is 6.92 Å². The maximum atomic E-state index is 12.5. The average molecular weight is 406 g/mol. The van der Waals surface area contributed by atoms with Crippen LogP contribution < -0.4 is 10.6 Å². The van der Waals surface area contributed by atoms with Gasteiger partial charge in [0.25, 0.3) is 0 Å². The molecule has 2 aromatic heterocycles. The molecule has 0 spiro atoms. The number of carbonyl (C=O) groups is 2. The molecule has 27 heavy (non-hydrogen) atoms. The maximum Gasteiger partial charge on any atom is 0.321 e. The summed E-state index contributed by atoms with van der Waals surface area (Å²) in [6.45, 7) is 3.59. The van der Waals surface area contributed by atoms with Gasteiger partial charge in [0.05, 0.1) is 42.0 Å². The van der Waals surface area contributed by atoms with Crippen molar-refractivity contribution in [3.8, 4) is 16.6 Å². The molecule has 11 heteroatoms.